The number of methoxy groups -OCH3 is 1. The van der Waals surface area contributed by atoms with Gasteiger partial charge in [-0.3, -0.25) is 10.1 Å². The van der Waals surface area contributed by atoms with Crippen LogP contribution < -0.4 is 10.1 Å². The second-order valence-electron chi connectivity index (χ2n) is 6.16. The van der Waals surface area contributed by atoms with E-state index in [1.807, 2.05) is 24.3 Å². The summed E-state index contributed by atoms with van der Waals surface area (Å²) in [5, 5.41) is 12.6. The molecule has 0 spiro atoms. The van der Waals surface area contributed by atoms with Crippen LogP contribution in [0.3, 0.4) is 0 Å². The second-order valence-corrected chi connectivity index (χ2v) is 7.28. The highest BCUT2D eigenvalue weighted by Crippen LogP contribution is 2.23. The molecule has 1 heterocycles. The van der Waals surface area contributed by atoms with Crippen LogP contribution in [0.1, 0.15) is 21.6 Å². The lowest BCUT2D eigenvalue weighted by Crippen LogP contribution is -2.13. The van der Waals surface area contributed by atoms with Crippen LogP contribution in [-0.2, 0) is 11.2 Å². The van der Waals surface area contributed by atoms with E-state index in [1.165, 1.54) is 28.5 Å². The third-order valence-electron chi connectivity index (χ3n) is 4.04. The first kappa shape index (κ1) is 19.3. The maximum absolute atomic E-state index is 12.5. The predicted molar refractivity (Wildman–Crippen MR) is 111 cm³/mol. The SMILES string of the molecule is COc1ccccc1/C=C(\C#N)C(=O)Nc1ncc(Cc2cccc(C)c2)s1. The molecule has 1 aromatic heterocycles. The highest BCUT2D eigenvalue weighted by Gasteiger charge is 2.13. The van der Waals surface area contributed by atoms with Crippen molar-refractivity contribution in [1.82, 2.24) is 4.98 Å². The van der Waals surface area contributed by atoms with Crippen LogP contribution in [0.25, 0.3) is 6.08 Å². The quantitative estimate of drug-likeness (QED) is 0.494. The number of hydrogen-bond acceptors (Lipinski definition) is 5. The van der Waals surface area contributed by atoms with Gasteiger partial charge >= 0.3 is 0 Å². The fraction of sp³-hybridized carbons (Fsp3) is 0.136. The summed E-state index contributed by atoms with van der Waals surface area (Å²) in [5.41, 5.74) is 3.04. The molecular weight excluding hydrogens is 370 g/mol. The Hall–Kier alpha value is -3.43. The lowest BCUT2D eigenvalue weighted by molar-refractivity contribution is -0.112. The van der Waals surface area contributed by atoms with Crippen molar-refractivity contribution in [1.29, 1.82) is 5.26 Å². The van der Waals surface area contributed by atoms with Gasteiger partial charge in [0.05, 0.1) is 7.11 Å². The third kappa shape index (κ3) is 4.84. The summed E-state index contributed by atoms with van der Waals surface area (Å²) < 4.78 is 5.26. The van der Waals surface area contributed by atoms with Crippen LogP contribution in [0.2, 0.25) is 0 Å². The lowest BCUT2D eigenvalue weighted by atomic mass is 10.1. The van der Waals surface area contributed by atoms with Crippen LogP contribution in [0, 0.1) is 18.3 Å². The monoisotopic (exact) mass is 389 g/mol. The van der Waals surface area contributed by atoms with Crippen LogP contribution in [-0.4, -0.2) is 18.0 Å². The molecule has 3 aromatic rings. The number of nitrogens with zero attached hydrogens (tertiary/aromatic N) is 2. The highest BCUT2D eigenvalue weighted by molar-refractivity contribution is 7.15. The minimum atomic E-state index is -0.495. The van der Waals surface area contributed by atoms with Gasteiger partial charge in [-0.25, -0.2) is 4.98 Å². The maximum Gasteiger partial charge on any atom is 0.268 e. The number of benzene rings is 2. The van der Waals surface area contributed by atoms with E-state index in [0.29, 0.717) is 16.4 Å². The molecule has 0 bridgehead atoms. The molecule has 0 saturated heterocycles. The molecule has 5 nitrogen and oxygen atoms in total. The largest absolute Gasteiger partial charge is 0.496 e. The molecule has 140 valence electrons. The summed E-state index contributed by atoms with van der Waals surface area (Å²) >= 11 is 1.40. The molecule has 0 aliphatic rings. The molecule has 3 rings (SSSR count). The van der Waals surface area contributed by atoms with Crippen molar-refractivity contribution in [2.75, 3.05) is 12.4 Å². The minimum absolute atomic E-state index is 0.0139. The number of ether oxygens (including phenoxy) is 1. The van der Waals surface area contributed by atoms with Crippen molar-refractivity contribution >= 4 is 28.5 Å². The first-order valence-corrected chi connectivity index (χ1v) is 9.47. The number of carbonyl (C=O) groups is 1. The third-order valence-corrected chi connectivity index (χ3v) is 4.95. The number of nitriles is 1. The number of thiazole rings is 1. The average Bonchev–Trinajstić information content (AvgIpc) is 3.12. The Bertz CT molecular complexity index is 1060. The van der Waals surface area contributed by atoms with E-state index in [4.69, 9.17) is 4.74 Å². The van der Waals surface area contributed by atoms with Crippen molar-refractivity contribution < 1.29 is 9.53 Å². The van der Waals surface area contributed by atoms with Gasteiger partial charge in [-0.1, -0.05) is 48.0 Å². The van der Waals surface area contributed by atoms with E-state index in [0.717, 1.165) is 11.3 Å². The molecule has 28 heavy (non-hydrogen) atoms. The van der Waals surface area contributed by atoms with Gasteiger partial charge in [-0.05, 0) is 24.6 Å². The number of aryl methyl sites for hydroxylation is 1. The van der Waals surface area contributed by atoms with Gasteiger partial charge in [-0.2, -0.15) is 5.26 Å². The summed E-state index contributed by atoms with van der Waals surface area (Å²) in [4.78, 5) is 17.8. The number of amides is 1. The van der Waals surface area contributed by atoms with E-state index in [1.54, 1.807) is 25.4 Å². The van der Waals surface area contributed by atoms with Crippen molar-refractivity contribution in [3.05, 3.63) is 81.9 Å². The van der Waals surface area contributed by atoms with Gasteiger partial charge in [0.25, 0.3) is 5.91 Å². The van der Waals surface area contributed by atoms with Crippen molar-refractivity contribution in [2.24, 2.45) is 0 Å². The Balaban J connectivity index is 1.72. The van der Waals surface area contributed by atoms with Crippen molar-refractivity contribution in [3.8, 4) is 11.8 Å². The van der Waals surface area contributed by atoms with Gasteiger partial charge in [0.15, 0.2) is 5.13 Å². The lowest BCUT2D eigenvalue weighted by Gasteiger charge is -2.05. The average molecular weight is 389 g/mol. The minimum Gasteiger partial charge on any atom is -0.496 e. The number of carbonyl (C=O) groups excluding carboxylic acids is 1. The molecule has 2 aromatic carbocycles. The molecular formula is C22H19N3O2S. The summed E-state index contributed by atoms with van der Waals surface area (Å²) in [6.45, 7) is 2.05. The zero-order valence-electron chi connectivity index (χ0n) is 15.6. The van der Waals surface area contributed by atoms with E-state index in [9.17, 15) is 10.1 Å². The van der Waals surface area contributed by atoms with E-state index in [-0.39, 0.29) is 5.57 Å². The molecule has 0 aliphatic heterocycles. The Morgan fingerprint density at radius 1 is 1.29 bits per heavy atom. The number of hydrogen-bond donors (Lipinski definition) is 1. The second kappa shape index (κ2) is 8.98. The Morgan fingerprint density at radius 3 is 2.86 bits per heavy atom. The Labute approximate surface area is 167 Å². The fourth-order valence-corrected chi connectivity index (χ4v) is 3.57. The molecule has 0 unspecified atom stereocenters. The number of anilines is 1. The van der Waals surface area contributed by atoms with E-state index in [2.05, 4.69) is 35.4 Å². The molecule has 1 amide bonds. The summed E-state index contributed by atoms with van der Waals surface area (Å²) in [6.07, 6.45) is 4.01. The Kier molecular flexibility index (Phi) is 6.20. The van der Waals surface area contributed by atoms with Crippen LogP contribution in [0.4, 0.5) is 5.13 Å². The van der Waals surface area contributed by atoms with E-state index < -0.39 is 5.91 Å². The molecule has 0 aliphatic carbocycles. The molecule has 0 saturated carbocycles. The molecule has 1 N–H and O–H groups in total. The molecule has 0 radical (unpaired) electrons. The van der Waals surface area contributed by atoms with Gasteiger partial charge in [0, 0.05) is 23.1 Å². The standard InChI is InChI=1S/C22H19N3O2S/c1-15-6-5-7-16(10-15)11-19-14-24-22(28-19)25-21(26)18(13-23)12-17-8-3-4-9-20(17)27-2/h3-10,12,14H,11H2,1-2H3,(H,24,25,26)/b18-12+. The van der Waals surface area contributed by atoms with Crippen LogP contribution in [0.15, 0.2) is 60.3 Å². The van der Waals surface area contributed by atoms with Crippen molar-refractivity contribution in [3.63, 3.8) is 0 Å². The number of para-hydroxylation sites is 1. The molecule has 6 heteroatoms. The topological polar surface area (TPSA) is 75.0 Å². The van der Waals surface area contributed by atoms with Crippen molar-refractivity contribution in [2.45, 2.75) is 13.3 Å². The fourth-order valence-electron chi connectivity index (χ4n) is 2.72. The van der Waals surface area contributed by atoms with Gasteiger partial charge in [0.1, 0.15) is 17.4 Å². The normalized spacial score (nSPS) is 11.0. The van der Waals surface area contributed by atoms with Crippen LogP contribution in [0.5, 0.6) is 5.75 Å². The van der Waals surface area contributed by atoms with Gasteiger partial charge in [-0.15, -0.1) is 11.3 Å². The Morgan fingerprint density at radius 2 is 2.11 bits per heavy atom. The van der Waals surface area contributed by atoms with Crippen LogP contribution >= 0.6 is 11.3 Å². The predicted octanol–water partition coefficient (Wildman–Crippen LogP) is 4.60. The first-order chi connectivity index (χ1) is 13.6. The zero-order chi connectivity index (χ0) is 19.9. The number of rotatable bonds is 6. The maximum atomic E-state index is 12.5. The summed E-state index contributed by atoms with van der Waals surface area (Å²) in [6, 6.07) is 17.4. The molecule has 0 atom stereocenters. The smallest absolute Gasteiger partial charge is 0.268 e. The summed E-state index contributed by atoms with van der Waals surface area (Å²) in [7, 11) is 1.55. The van der Waals surface area contributed by atoms with E-state index >= 15 is 0 Å². The number of nitrogens with one attached hydrogen (secondary N) is 1. The highest BCUT2D eigenvalue weighted by atomic mass is 32.1. The van der Waals surface area contributed by atoms with Gasteiger partial charge < -0.3 is 4.74 Å². The molecule has 0 fully saturated rings. The van der Waals surface area contributed by atoms with Gasteiger partial charge in [0.2, 0.25) is 0 Å². The number of aromatic nitrogens is 1. The summed E-state index contributed by atoms with van der Waals surface area (Å²) in [5.74, 6) is 0.0996. The first-order valence-electron chi connectivity index (χ1n) is 8.65. The zero-order valence-corrected chi connectivity index (χ0v) is 16.4.